The van der Waals surface area contributed by atoms with Crippen LogP contribution in [0.3, 0.4) is 0 Å². The summed E-state index contributed by atoms with van der Waals surface area (Å²) in [7, 11) is -2.32. The molecular formula is C20H19F3N6O2S. The lowest BCUT2D eigenvalue weighted by atomic mass is 10.2. The third kappa shape index (κ3) is 5.38. The average Bonchev–Trinajstić information content (AvgIpc) is 2.72. The Morgan fingerprint density at radius 2 is 1.66 bits per heavy atom. The summed E-state index contributed by atoms with van der Waals surface area (Å²) in [5, 5.41) is 7.94. The van der Waals surface area contributed by atoms with E-state index in [1.807, 2.05) is 30.3 Å². The Balaban J connectivity index is 2.01. The third-order valence-electron chi connectivity index (χ3n) is 4.18. The predicted octanol–water partition coefficient (Wildman–Crippen LogP) is 5.19. The maximum Gasteiger partial charge on any atom is 0.516 e. The van der Waals surface area contributed by atoms with Gasteiger partial charge in [-0.1, -0.05) is 30.3 Å². The van der Waals surface area contributed by atoms with Gasteiger partial charge in [0.25, 0.3) is 0 Å². The number of rotatable bonds is 6. The van der Waals surface area contributed by atoms with Crippen LogP contribution in [0.5, 0.6) is 0 Å². The lowest BCUT2D eigenvalue weighted by Gasteiger charge is -2.16. The molecule has 0 radical (unpaired) electrons. The van der Waals surface area contributed by atoms with Crippen LogP contribution in [-0.2, 0) is 10.0 Å². The third-order valence-corrected chi connectivity index (χ3v) is 5.28. The molecule has 168 valence electrons. The van der Waals surface area contributed by atoms with Gasteiger partial charge >= 0.3 is 15.5 Å². The minimum Gasteiger partial charge on any atom is -0.378 e. The second kappa shape index (κ2) is 8.91. The second-order valence-electron chi connectivity index (χ2n) is 6.90. The highest BCUT2D eigenvalue weighted by atomic mass is 32.2. The number of aromatic nitrogens is 2. The van der Waals surface area contributed by atoms with E-state index >= 15 is 0 Å². The summed E-state index contributed by atoms with van der Waals surface area (Å²) >= 11 is 0. The Bertz CT molecular complexity index is 1250. The first-order valence-corrected chi connectivity index (χ1v) is 10.7. The van der Waals surface area contributed by atoms with E-state index in [0.29, 0.717) is 17.2 Å². The van der Waals surface area contributed by atoms with E-state index in [0.717, 1.165) is 5.56 Å². The number of azo groups is 1. The molecule has 0 fully saturated rings. The average molecular weight is 464 g/mol. The minimum absolute atomic E-state index is 0.110. The van der Waals surface area contributed by atoms with Crippen LogP contribution in [0, 0.1) is 6.92 Å². The number of hydrogen-bond donors (Lipinski definition) is 1. The molecule has 1 heterocycles. The van der Waals surface area contributed by atoms with Crippen molar-refractivity contribution in [3.05, 3.63) is 60.3 Å². The van der Waals surface area contributed by atoms with Gasteiger partial charge in [0.15, 0.2) is 11.6 Å². The Labute approximate surface area is 182 Å². The lowest BCUT2D eigenvalue weighted by Crippen LogP contribution is -2.30. The first-order valence-electron chi connectivity index (χ1n) is 9.19. The van der Waals surface area contributed by atoms with Crippen molar-refractivity contribution in [2.24, 2.45) is 10.2 Å². The SMILES string of the molecule is Cc1cc(N=Nc2ccc(N(C)C)cc2NS(=O)(=O)C(F)(F)F)nc(-c2ccccc2)n1. The Hall–Kier alpha value is -3.54. The highest BCUT2D eigenvalue weighted by Gasteiger charge is 2.46. The molecule has 32 heavy (non-hydrogen) atoms. The summed E-state index contributed by atoms with van der Waals surface area (Å²) in [6, 6.07) is 14.9. The summed E-state index contributed by atoms with van der Waals surface area (Å²) in [6.45, 7) is 1.74. The molecule has 0 saturated heterocycles. The van der Waals surface area contributed by atoms with Crippen LogP contribution in [0.2, 0.25) is 0 Å². The monoisotopic (exact) mass is 464 g/mol. The summed E-state index contributed by atoms with van der Waals surface area (Å²) in [4.78, 5) is 10.3. The predicted molar refractivity (Wildman–Crippen MR) is 116 cm³/mol. The van der Waals surface area contributed by atoms with Crippen LogP contribution in [0.15, 0.2) is 64.8 Å². The van der Waals surface area contributed by atoms with E-state index in [4.69, 9.17) is 0 Å². The van der Waals surface area contributed by atoms with Crippen molar-refractivity contribution in [2.75, 3.05) is 23.7 Å². The fourth-order valence-electron chi connectivity index (χ4n) is 2.60. The first kappa shape index (κ1) is 23.1. The van der Waals surface area contributed by atoms with Crippen molar-refractivity contribution in [3.8, 4) is 11.4 Å². The van der Waals surface area contributed by atoms with Gasteiger partial charge in [-0.3, -0.25) is 4.72 Å². The van der Waals surface area contributed by atoms with Crippen LogP contribution >= 0.6 is 0 Å². The van der Waals surface area contributed by atoms with Crippen LogP contribution < -0.4 is 9.62 Å². The van der Waals surface area contributed by atoms with Gasteiger partial charge < -0.3 is 4.90 Å². The van der Waals surface area contributed by atoms with Crippen LogP contribution in [-0.4, -0.2) is 38.0 Å². The van der Waals surface area contributed by atoms with Gasteiger partial charge in [0.05, 0.1) is 5.69 Å². The van der Waals surface area contributed by atoms with E-state index in [1.165, 1.54) is 12.1 Å². The molecule has 3 aromatic rings. The zero-order chi connectivity index (χ0) is 23.5. The summed E-state index contributed by atoms with van der Waals surface area (Å²) in [5.74, 6) is 0.568. The molecular weight excluding hydrogens is 445 g/mol. The zero-order valence-corrected chi connectivity index (χ0v) is 18.1. The van der Waals surface area contributed by atoms with E-state index < -0.39 is 15.5 Å². The maximum absolute atomic E-state index is 12.9. The van der Waals surface area contributed by atoms with Crippen molar-refractivity contribution in [3.63, 3.8) is 0 Å². The number of benzene rings is 2. The van der Waals surface area contributed by atoms with Crippen molar-refractivity contribution in [2.45, 2.75) is 12.4 Å². The molecule has 3 rings (SSSR count). The van der Waals surface area contributed by atoms with Crippen molar-refractivity contribution in [1.82, 2.24) is 9.97 Å². The molecule has 0 atom stereocenters. The molecule has 8 nitrogen and oxygen atoms in total. The van der Waals surface area contributed by atoms with Crippen molar-refractivity contribution >= 4 is 32.9 Å². The molecule has 0 aliphatic heterocycles. The summed E-state index contributed by atoms with van der Waals surface area (Å²) in [6.07, 6.45) is 0. The standard InChI is InChI=1S/C20H19F3N6O2S/c1-13-11-18(25-19(24-13)14-7-5-4-6-8-14)27-26-16-10-9-15(29(2)3)12-17(16)28-32(30,31)20(21,22)23/h4-12,28H,1-3H3. The van der Waals surface area contributed by atoms with Gasteiger partial charge in [0, 0.05) is 37.1 Å². The van der Waals surface area contributed by atoms with Gasteiger partial charge in [0.1, 0.15) is 5.69 Å². The van der Waals surface area contributed by atoms with Crippen LogP contribution in [0.25, 0.3) is 11.4 Å². The Morgan fingerprint density at radius 1 is 0.969 bits per heavy atom. The molecule has 0 amide bonds. The fourth-order valence-corrected chi connectivity index (χ4v) is 3.17. The highest BCUT2D eigenvalue weighted by molar-refractivity contribution is 7.93. The molecule has 0 aliphatic rings. The van der Waals surface area contributed by atoms with Gasteiger partial charge in [-0.05, 0) is 25.1 Å². The number of anilines is 2. The smallest absolute Gasteiger partial charge is 0.378 e. The lowest BCUT2D eigenvalue weighted by molar-refractivity contribution is -0.0429. The van der Waals surface area contributed by atoms with Crippen LogP contribution in [0.4, 0.5) is 36.1 Å². The van der Waals surface area contributed by atoms with Crippen molar-refractivity contribution in [1.29, 1.82) is 0 Å². The van der Waals surface area contributed by atoms with Gasteiger partial charge in [0.2, 0.25) is 0 Å². The van der Waals surface area contributed by atoms with E-state index in [1.54, 1.807) is 42.8 Å². The van der Waals surface area contributed by atoms with Crippen LogP contribution in [0.1, 0.15) is 5.69 Å². The summed E-state index contributed by atoms with van der Waals surface area (Å²) in [5.41, 5.74) is -4.14. The molecule has 1 aromatic heterocycles. The zero-order valence-electron chi connectivity index (χ0n) is 17.3. The number of nitrogens with one attached hydrogen (secondary N) is 1. The van der Waals surface area contributed by atoms with Gasteiger partial charge in [-0.2, -0.15) is 21.6 Å². The maximum atomic E-state index is 12.9. The van der Waals surface area contributed by atoms with E-state index in [-0.39, 0.29) is 17.2 Å². The first-order chi connectivity index (χ1) is 15.0. The Kier molecular flexibility index (Phi) is 6.44. The number of hydrogen-bond acceptors (Lipinski definition) is 7. The van der Waals surface area contributed by atoms with Crippen molar-refractivity contribution < 1.29 is 21.6 Å². The topological polar surface area (TPSA) is 99.9 Å². The number of aryl methyl sites for hydroxylation is 1. The number of halogens is 3. The van der Waals surface area contributed by atoms with E-state index in [9.17, 15) is 21.6 Å². The molecule has 0 unspecified atom stereocenters. The number of sulfonamides is 1. The van der Waals surface area contributed by atoms with Gasteiger partial charge in [-0.25, -0.2) is 9.97 Å². The minimum atomic E-state index is -5.64. The second-order valence-corrected chi connectivity index (χ2v) is 8.58. The molecule has 12 heteroatoms. The number of alkyl halides is 3. The van der Waals surface area contributed by atoms with Gasteiger partial charge in [-0.15, -0.1) is 10.2 Å². The quantitative estimate of drug-likeness (QED) is 0.506. The molecule has 2 aromatic carbocycles. The molecule has 0 bridgehead atoms. The molecule has 0 spiro atoms. The summed E-state index contributed by atoms with van der Waals surface area (Å²) < 4.78 is 63.4. The Morgan fingerprint density at radius 3 is 2.28 bits per heavy atom. The highest BCUT2D eigenvalue weighted by Crippen LogP contribution is 2.34. The molecule has 0 aliphatic carbocycles. The van der Waals surface area contributed by atoms with E-state index in [2.05, 4.69) is 20.2 Å². The molecule has 0 saturated carbocycles. The normalized spacial score (nSPS) is 12.2. The largest absolute Gasteiger partial charge is 0.516 e. The number of nitrogens with zero attached hydrogens (tertiary/aromatic N) is 5. The molecule has 1 N–H and O–H groups in total. The fraction of sp³-hybridized carbons (Fsp3) is 0.200.